The van der Waals surface area contributed by atoms with E-state index in [4.69, 9.17) is 0 Å². The lowest BCUT2D eigenvalue weighted by Gasteiger charge is -2.13. The van der Waals surface area contributed by atoms with Crippen LogP contribution in [-0.4, -0.2) is 20.7 Å². The van der Waals surface area contributed by atoms with Gasteiger partial charge in [0.05, 0.1) is 17.9 Å². The van der Waals surface area contributed by atoms with Gasteiger partial charge >= 0.3 is 0 Å². The van der Waals surface area contributed by atoms with Gasteiger partial charge in [0.1, 0.15) is 0 Å². The van der Waals surface area contributed by atoms with E-state index in [2.05, 4.69) is 15.4 Å². The first-order chi connectivity index (χ1) is 11.7. The summed E-state index contributed by atoms with van der Waals surface area (Å²) in [6, 6.07) is 13.7. The molecule has 24 heavy (non-hydrogen) atoms. The fraction of sp³-hybridized carbons (Fsp3) is 0.211. The Kier molecular flexibility index (Phi) is 5.01. The van der Waals surface area contributed by atoms with Crippen molar-refractivity contribution < 1.29 is 4.79 Å². The van der Waals surface area contributed by atoms with Gasteiger partial charge in [0.2, 0.25) is 5.91 Å². The van der Waals surface area contributed by atoms with Gasteiger partial charge in [-0.3, -0.25) is 9.78 Å². The summed E-state index contributed by atoms with van der Waals surface area (Å²) >= 11 is 0. The molecule has 1 amide bonds. The molecule has 5 nitrogen and oxygen atoms in total. The normalized spacial score (nSPS) is 11.9. The van der Waals surface area contributed by atoms with Crippen molar-refractivity contribution in [3.8, 4) is 5.69 Å². The fourth-order valence-corrected chi connectivity index (χ4v) is 2.52. The van der Waals surface area contributed by atoms with Crippen LogP contribution in [0.2, 0.25) is 0 Å². The molecule has 0 unspecified atom stereocenters. The molecule has 1 aromatic carbocycles. The van der Waals surface area contributed by atoms with Gasteiger partial charge in [-0.25, -0.2) is 4.68 Å². The van der Waals surface area contributed by atoms with E-state index in [9.17, 15) is 4.79 Å². The molecule has 0 saturated carbocycles. The largest absolute Gasteiger partial charge is 0.350 e. The standard InChI is InChI=1S/C19H20N4O/c1-15(17-9-11-20-12-10-17)22-19(24)8-7-16-13-21-23(14-16)18-5-3-2-4-6-18/h2-6,9-15H,7-8H2,1H3,(H,22,24)/t15-/m0/s1. The van der Waals surface area contributed by atoms with Crippen LogP contribution in [0.15, 0.2) is 67.3 Å². The Morgan fingerprint density at radius 1 is 1.17 bits per heavy atom. The lowest BCUT2D eigenvalue weighted by Crippen LogP contribution is -2.26. The molecule has 0 radical (unpaired) electrons. The summed E-state index contributed by atoms with van der Waals surface area (Å²) in [5.74, 6) is 0.0340. The zero-order chi connectivity index (χ0) is 16.8. The lowest BCUT2D eigenvalue weighted by molar-refractivity contribution is -0.121. The van der Waals surface area contributed by atoms with Crippen molar-refractivity contribution in [2.75, 3.05) is 0 Å². The Balaban J connectivity index is 1.53. The summed E-state index contributed by atoms with van der Waals surface area (Å²) in [4.78, 5) is 16.1. The summed E-state index contributed by atoms with van der Waals surface area (Å²) in [6.45, 7) is 1.97. The first-order valence-electron chi connectivity index (χ1n) is 8.00. The SMILES string of the molecule is C[C@H](NC(=O)CCc1cnn(-c2ccccc2)c1)c1ccncc1. The van der Waals surface area contributed by atoms with E-state index in [-0.39, 0.29) is 11.9 Å². The minimum atomic E-state index is -0.0208. The molecule has 0 aliphatic rings. The molecule has 0 aliphatic carbocycles. The number of nitrogens with one attached hydrogen (secondary N) is 1. The quantitative estimate of drug-likeness (QED) is 0.759. The summed E-state index contributed by atoms with van der Waals surface area (Å²) < 4.78 is 1.83. The molecule has 1 N–H and O–H groups in total. The number of aryl methyl sites for hydroxylation is 1. The third-order valence-electron chi connectivity index (χ3n) is 3.88. The van der Waals surface area contributed by atoms with E-state index < -0.39 is 0 Å². The van der Waals surface area contributed by atoms with E-state index in [0.29, 0.717) is 12.8 Å². The van der Waals surface area contributed by atoms with Gasteiger partial charge < -0.3 is 5.32 Å². The van der Waals surface area contributed by atoms with Crippen molar-refractivity contribution in [3.05, 3.63) is 78.4 Å². The molecule has 2 aromatic heterocycles. The third kappa shape index (κ3) is 4.07. The van der Waals surface area contributed by atoms with Crippen LogP contribution in [0.25, 0.3) is 5.69 Å². The van der Waals surface area contributed by atoms with Gasteiger partial charge in [0.15, 0.2) is 0 Å². The van der Waals surface area contributed by atoms with Crippen molar-refractivity contribution in [1.82, 2.24) is 20.1 Å². The lowest BCUT2D eigenvalue weighted by atomic mass is 10.1. The molecule has 122 valence electrons. The highest BCUT2D eigenvalue weighted by molar-refractivity contribution is 5.76. The molecule has 3 aromatic rings. The maximum absolute atomic E-state index is 12.1. The van der Waals surface area contributed by atoms with Crippen molar-refractivity contribution in [3.63, 3.8) is 0 Å². The topological polar surface area (TPSA) is 59.8 Å². The number of benzene rings is 1. The molecule has 0 saturated heterocycles. The highest BCUT2D eigenvalue weighted by Gasteiger charge is 2.10. The number of pyridine rings is 1. The monoisotopic (exact) mass is 320 g/mol. The molecule has 5 heteroatoms. The molecule has 3 rings (SSSR count). The summed E-state index contributed by atoms with van der Waals surface area (Å²) in [5.41, 5.74) is 3.11. The van der Waals surface area contributed by atoms with Gasteiger partial charge in [-0.2, -0.15) is 5.10 Å². The number of hydrogen-bond acceptors (Lipinski definition) is 3. The predicted octanol–water partition coefficient (Wildman–Crippen LogP) is 3.08. The van der Waals surface area contributed by atoms with Crippen LogP contribution < -0.4 is 5.32 Å². The Hall–Kier alpha value is -2.95. The first kappa shape index (κ1) is 15.9. The predicted molar refractivity (Wildman–Crippen MR) is 92.7 cm³/mol. The average Bonchev–Trinajstić information content (AvgIpc) is 3.10. The van der Waals surface area contributed by atoms with Gasteiger partial charge in [-0.05, 0) is 48.7 Å². The highest BCUT2D eigenvalue weighted by Crippen LogP contribution is 2.12. The van der Waals surface area contributed by atoms with Crippen molar-refractivity contribution >= 4 is 5.91 Å². The minimum Gasteiger partial charge on any atom is -0.350 e. The Labute approximate surface area is 141 Å². The van der Waals surface area contributed by atoms with Crippen LogP contribution in [0.1, 0.15) is 30.5 Å². The molecule has 0 fully saturated rings. The average molecular weight is 320 g/mol. The van der Waals surface area contributed by atoms with Gasteiger partial charge in [0, 0.05) is 25.0 Å². The Morgan fingerprint density at radius 2 is 1.92 bits per heavy atom. The van der Waals surface area contributed by atoms with E-state index in [1.807, 2.05) is 66.5 Å². The number of nitrogens with zero attached hydrogens (tertiary/aromatic N) is 3. The van der Waals surface area contributed by atoms with Crippen LogP contribution in [-0.2, 0) is 11.2 Å². The van der Waals surface area contributed by atoms with E-state index in [0.717, 1.165) is 16.8 Å². The second kappa shape index (κ2) is 7.55. The van der Waals surface area contributed by atoms with Crippen LogP contribution in [0.3, 0.4) is 0 Å². The Bertz CT molecular complexity index is 783. The minimum absolute atomic E-state index is 0.0208. The fourth-order valence-electron chi connectivity index (χ4n) is 2.52. The number of hydrogen-bond donors (Lipinski definition) is 1. The van der Waals surface area contributed by atoms with Crippen LogP contribution in [0.4, 0.5) is 0 Å². The maximum Gasteiger partial charge on any atom is 0.220 e. The molecule has 2 heterocycles. The van der Waals surface area contributed by atoms with Gasteiger partial charge in [-0.15, -0.1) is 0 Å². The highest BCUT2D eigenvalue weighted by atomic mass is 16.1. The number of aromatic nitrogens is 3. The molecule has 0 bridgehead atoms. The number of rotatable bonds is 6. The summed E-state index contributed by atoms with van der Waals surface area (Å²) in [5, 5.41) is 7.36. The van der Waals surface area contributed by atoms with Crippen molar-refractivity contribution in [2.45, 2.75) is 25.8 Å². The molecule has 1 atom stereocenters. The zero-order valence-corrected chi connectivity index (χ0v) is 13.6. The van der Waals surface area contributed by atoms with E-state index in [1.165, 1.54) is 0 Å². The van der Waals surface area contributed by atoms with Crippen LogP contribution in [0, 0.1) is 0 Å². The van der Waals surface area contributed by atoms with E-state index in [1.54, 1.807) is 12.4 Å². The molecule has 0 spiro atoms. The maximum atomic E-state index is 12.1. The first-order valence-corrected chi connectivity index (χ1v) is 8.00. The molecular weight excluding hydrogens is 300 g/mol. The summed E-state index contributed by atoms with van der Waals surface area (Å²) in [6.07, 6.45) is 8.35. The van der Waals surface area contributed by atoms with Gasteiger partial charge in [0.25, 0.3) is 0 Å². The second-order valence-electron chi connectivity index (χ2n) is 5.70. The zero-order valence-electron chi connectivity index (χ0n) is 13.6. The summed E-state index contributed by atoms with van der Waals surface area (Å²) in [7, 11) is 0. The Morgan fingerprint density at radius 3 is 2.67 bits per heavy atom. The molecular formula is C19H20N4O. The van der Waals surface area contributed by atoms with Crippen LogP contribution in [0.5, 0.6) is 0 Å². The number of para-hydroxylation sites is 1. The number of carbonyl (C=O) groups excluding carboxylic acids is 1. The van der Waals surface area contributed by atoms with Crippen molar-refractivity contribution in [1.29, 1.82) is 0 Å². The smallest absolute Gasteiger partial charge is 0.220 e. The van der Waals surface area contributed by atoms with Gasteiger partial charge in [-0.1, -0.05) is 18.2 Å². The number of amides is 1. The second-order valence-corrected chi connectivity index (χ2v) is 5.70. The molecule has 0 aliphatic heterocycles. The van der Waals surface area contributed by atoms with E-state index >= 15 is 0 Å². The van der Waals surface area contributed by atoms with Crippen LogP contribution >= 0.6 is 0 Å². The third-order valence-corrected chi connectivity index (χ3v) is 3.88. The number of carbonyl (C=O) groups is 1. The van der Waals surface area contributed by atoms with Crippen molar-refractivity contribution in [2.24, 2.45) is 0 Å².